The third kappa shape index (κ3) is 1.99. The first-order valence-corrected chi connectivity index (χ1v) is 4.88. The summed E-state index contributed by atoms with van der Waals surface area (Å²) in [4.78, 5) is 13.3. The first-order chi connectivity index (χ1) is 5.55. The van der Waals surface area contributed by atoms with Gasteiger partial charge in [-0.2, -0.15) is 0 Å². The summed E-state index contributed by atoms with van der Waals surface area (Å²) in [5.74, 6) is 0. The molecule has 0 bridgehead atoms. The zero-order valence-corrected chi connectivity index (χ0v) is 8.52. The second-order valence-corrected chi connectivity index (χ2v) is 4.22. The van der Waals surface area contributed by atoms with E-state index < -0.39 is 5.54 Å². The zero-order chi connectivity index (χ0) is 9.19. The maximum Gasteiger partial charge on any atom is 0.241 e. The van der Waals surface area contributed by atoms with E-state index in [4.69, 9.17) is 11.6 Å². The number of hydrogen-bond donors (Lipinski definition) is 0. The lowest BCUT2D eigenvalue weighted by molar-refractivity contribution is -0.121. The van der Waals surface area contributed by atoms with E-state index in [1.807, 2.05) is 13.8 Å². The number of carbonyl (C=O) groups excluding carboxylic acids is 1. The third-order valence-corrected chi connectivity index (χ3v) is 3.09. The van der Waals surface area contributed by atoms with Crippen LogP contribution in [0, 0.1) is 0 Å². The molecular formula is C9H16ClNO. The molecule has 0 aromatic heterocycles. The van der Waals surface area contributed by atoms with E-state index in [-0.39, 0.29) is 5.24 Å². The minimum atomic E-state index is -0.470. The summed E-state index contributed by atoms with van der Waals surface area (Å²) >= 11 is 5.52. The van der Waals surface area contributed by atoms with Crippen LogP contribution in [0.1, 0.15) is 33.1 Å². The van der Waals surface area contributed by atoms with Crippen molar-refractivity contribution >= 4 is 16.8 Å². The standard InChI is InChI=1S/C9H16ClNO/c1-9(2,8(10)12)11-6-4-3-5-7-11/h3-7H2,1-2H3. The minimum absolute atomic E-state index is 0.246. The molecule has 0 N–H and O–H groups in total. The molecule has 0 amide bonds. The maximum atomic E-state index is 11.1. The minimum Gasteiger partial charge on any atom is -0.290 e. The largest absolute Gasteiger partial charge is 0.290 e. The predicted octanol–water partition coefficient (Wildman–Crippen LogP) is 2.02. The van der Waals surface area contributed by atoms with Crippen molar-refractivity contribution < 1.29 is 4.79 Å². The van der Waals surface area contributed by atoms with Crippen LogP contribution in [-0.2, 0) is 4.79 Å². The summed E-state index contributed by atoms with van der Waals surface area (Å²) in [7, 11) is 0. The summed E-state index contributed by atoms with van der Waals surface area (Å²) in [5.41, 5.74) is -0.470. The summed E-state index contributed by atoms with van der Waals surface area (Å²) in [6.07, 6.45) is 3.66. The van der Waals surface area contributed by atoms with Crippen LogP contribution in [0.2, 0.25) is 0 Å². The number of rotatable bonds is 2. The summed E-state index contributed by atoms with van der Waals surface area (Å²) < 4.78 is 0. The van der Waals surface area contributed by atoms with Gasteiger partial charge in [-0.15, -0.1) is 0 Å². The molecule has 0 atom stereocenters. The normalized spacial score (nSPS) is 20.9. The van der Waals surface area contributed by atoms with Gasteiger partial charge in [0, 0.05) is 0 Å². The van der Waals surface area contributed by atoms with Crippen molar-refractivity contribution in [2.24, 2.45) is 0 Å². The number of likely N-dealkylation sites (tertiary alicyclic amines) is 1. The summed E-state index contributed by atoms with van der Waals surface area (Å²) in [5, 5.41) is -0.246. The Labute approximate surface area is 78.9 Å². The molecule has 0 spiro atoms. The Bertz CT molecular complexity index is 173. The van der Waals surface area contributed by atoms with Gasteiger partial charge in [0.15, 0.2) is 0 Å². The van der Waals surface area contributed by atoms with Crippen LogP contribution in [0.5, 0.6) is 0 Å². The van der Waals surface area contributed by atoms with E-state index in [1.165, 1.54) is 19.3 Å². The fourth-order valence-electron chi connectivity index (χ4n) is 1.58. The highest BCUT2D eigenvalue weighted by molar-refractivity contribution is 6.65. The van der Waals surface area contributed by atoms with Gasteiger partial charge in [-0.1, -0.05) is 6.42 Å². The molecule has 2 nitrogen and oxygen atoms in total. The average Bonchev–Trinajstić information content (AvgIpc) is 2.06. The molecule has 12 heavy (non-hydrogen) atoms. The zero-order valence-electron chi connectivity index (χ0n) is 7.77. The lowest BCUT2D eigenvalue weighted by Gasteiger charge is -2.38. The molecule has 0 aromatic carbocycles. The topological polar surface area (TPSA) is 20.3 Å². The van der Waals surface area contributed by atoms with E-state index in [0.29, 0.717) is 0 Å². The van der Waals surface area contributed by atoms with Gasteiger partial charge in [0.2, 0.25) is 5.24 Å². The number of hydrogen-bond acceptors (Lipinski definition) is 2. The van der Waals surface area contributed by atoms with Crippen molar-refractivity contribution in [2.45, 2.75) is 38.6 Å². The molecule has 70 valence electrons. The van der Waals surface area contributed by atoms with Crippen LogP contribution in [0.25, 0.3) is 0 Å². The Hall–Kier alpha value is -0.0800. The molecule has 1 rings (SSSR count). The van der Waals surface area contributed by atoms with Crippen LogP contribution in [0.15, 0.2) is 0 Å². The molecular weight excluding hydrogens is 174 g/mol. The lowest BCUT2D eigenvalue weighted by Crippen LogP contribution is -2.50. The van der Waals surface area contributed by atoms with Crippen LogP contribution < -0.4 is 0 Å². The van der Waals surface area contributed by atoms with Crippen LogP contribution in [-0.4, -0.2) is 28.8 Å². The van der Waals surface area contributed by atoms with Gasteiger partial charge in [0.05, 0.1) is 5.54 Å². The van der Waals surface area contributed by atoms with Crippen LogP contribution in [0.3, 0.4) is 0 Å². The monoisotopic (exact) mass is 189 g/mol. The van der Waals surface area contributed by atoms with E-state index in [9.17, 15) is 4.79 Å². The van der Waals surface area contributed by atoms with E-state index in [1.54, 1.807) is 0 Å². The fourth-order valence-corrected chi connectivity index (χ4v) is 1.70. The van der Waals surface area contributed by atoms with Crippen molar-refractivity contribution in [1.29, 1.82) is 0 Å². The van der Waals surface area contributed by atoms with Gasteiger partial charge in [0.25, 0.3) is 0 Å². The second-order valence-electron chi connectivity index (χ2n) is 3.88. The molecule has 0 saturated carbocycles. The fraction of sp³-hybridized carbons (Fsp3) is 0.889. The molecule has 1 aliphatic rings. The lowest BCUT2D eigenvalue weighted by atomic mass is 10.0. The van der Waals surface area contributed by atoms with Crippen molar-refractivity contribution in [3.8, 4) is 0 Å². The first-order valence-electron chi connectivity index (χ1n) is 4.50. The molecule has 0 radical (unpaired) electrons. The predicted molar refractivity (Wildman–Crippen MR) is 50.4 cm³/mol. The smallest absolute Gasteiger partial charge is 0.241 e. The van der Waals surface area contributed by atoms with Crippen molar-refractivity contribution in [1.82, 2.24) is 4.90 Å². The second kappa shape index (κ2) is 3.75. The molecule has 1 saturated heterocycles. The van der Waals surface area contributed by atoms with Crippen LogP contribution in [0.4, 0.5) is 0 Å². The highest BCUT2D eigenvalue weighted by Gasteiger charge is 2.33. The van der Waals surface area contributed by atoms with Crippen molar-refractivity contribution in [3.05, 3.63) is 0 Å². The Morgan fingerprint density at radius 3 is 2.17 bits per heavy atom. The third-order valence-electron chi connectivity index (χ3n) is 2.63. The van der Waals surface area contributed by atoms with Gasteiger partial charge in [-0.05, 0) is 51.4 Å². The van der Waals surface area contributed by atoms with Crippen molar-refractivity contribution in [2.75, 3.05) is 13.1 Å². The highest BCUT2D eigenvalue weighted by Crippen LogP contribution is 2.22. The van der Waals surface area contributed by atoms with Gasteiger partial charge >= 0.3 is 0 Å². The van der Waals surface area contributed by atoms with Crippen LogP contribution >= 0.6 is 11.6 Å². The molecule has 1 aliphatic heterocycles. The Kier molecular flexibility index (Phi) is 3.13. The average molecular weight is 190 g/mol. The molecule has 1 heterocycles. The van der Waals surface area contributed by atoms with Gasteiger partial charge in [-0.3, -0.25) is 9.69 Å². The first kappa shape index (κ1) is 10.0. The van der Waals surface area contributed by atoms with E-state index in [2.05, 4.69) is 4.90 Å². The number of nitrogens with zero attached hydrogens (tertiary/aromatic N) is 1. The quantitative estimate of drug-likeness (QED) is 0.620. The Morgan fingerprint density at radius 1 is 1.25 bits per heavy atom. The molecule has 0 aliphatic carbocycles. The maximum absolute atomic E-state index is 11.1. The van der Waals surface area contributed by atoms with Gasteiger partial charge < -0.3 is 0 Å². The van der Waals surface area contributed by atoms with Gasteiger partial charge in [-0.25, -0.2) is 0 Å². The Morgan fingerprint density at radius 2 is 1.75 bits per heavy atom. The van der Waals surface area contributed by atoms with Crippen molar-refractivity contribution in [3.63, 3.8) is 0 Å². The van der Waals surface area contributed by atoms with E-state index in [0.717, 1.165) is 13.1 Å². The van der Waals surface area contributed by atoms with Gasteiger partial charge in [0.1, 0.15) is 0 Å². The summed E-state index contributed by atoms with van der Waals surface area (Å²) in [6, 6.07) is 0. The molecule has 0 unspecified atom stereocenters. The molecule has 1 fully saturated rings. The highest BCUT2D eigenvalue weighted by atomic mass is 35.5. The van der Waals surface area contributed by atoms with E-state index >= 15 is 0 Å². The number of carbonyl (C=O) groups is 1. The Balaban J connectivity index is 2.59. The number of halogens is 1. The number of piperidine rings is 1. The molecule has 0 aromatic rings. The SMILES string of the molecule is CC(C)(C(=O)Cl)N1CCCCC1. The summed E-state index contributed by atoms with van der Waals surface area (Å²) in [6.45, 7) is 5.80. The molecule has 3 heteroatoms.